The summed E-state index contributed by atoms with van der Waals surface area (Å²) in [6.07, 6.45) is 0.480. The van der Waals surface area contributed by atoms with Crippen LogP contribution in [0.2, 0.25) is 0 Å². The molecule has 0 atom stereocenters. The summed E-state index contributed by atoms with van der Waals surface area (Å²) < 4.78 is 84.3. The zero-order valence-corrected chi connectivity index (χ0v) is 31.0. The lowest BCUT2D eigenvalue weighted by Crippen LogP contribution is -2.48. The number of rotatable bonds is 12. The van der Waals surface area contributed by atoms with Crippen molar-refractivity contribution >= 4 is 23.2 Å². The Hall–Kier alpha value is -5.95. The van der Waals surface area contributed by atoms with Gasteiger partial charge in [0.25, 0.3) is 0 Å². The quantitative estimate of drug-likeness (QED) is 0.153. The highest BCUT2D eigenvalue weighted by molar-refractivity contribution is 5.78. The van der Waals surface area contributed by atoms with E-state index in [2.05, 4.69) is 29.8 Å². The monoisotopic (exact) mass is 797 g/mol. The van der Waals surface area contributed by atoms with Gasteiger partial charge in [0.2, 0.25) is 11.8 Å². The lowest BCUT2D eigenvalue weighted by atomic mass is 9.95. The molecule has 0 unspecified atom stereocenters. The molecule has 4 aliphatic rings. The minimum absolute atomic E-state index is 0.00296. The van der Waals surface area contributed by atoms with E-state index >= 15 is 0 Å². The van der Waals surface area contributed by atoms with Gasteiger partial charge in [-0.25, -0.2) is 0 Å². The molecule has 4 aromatic rings. The van der Waals surface area contributed by atoms with Gasteiger partial charge in [0.05, 0.1) is 57.1 Å². The van der Waals surface area contributed by atoms with E-state index in [1.54, 1.807) is 31.7 Å². The van der Waals surface area contributed by atoms with Crippen LogP contribution in [0.5, 0.6) is 17.9 Å². The van der Waals surface area contributed by atoms with Crippen molar-refractivity contribution in [3.05, 3.63) is 76.8 Å². The molecule has 4 aliphatic heterocycles. The molecule has 0 N–H and O–H groups in total. The minimum Gasteiger partial charge on any atom is -0.467 e. The summed E-state index contributed by atoms with van der Waals surface area (Å²) in [5, 5.41) is 0. The summed E-state index contributed by atoms with van der Waals surface area (Å²) in [6.45, 7) is -0.516. The summed E-state index contributed by atoms with van der Waals surface area (Å²) in [6, 6.07) is 6.34. The first-order valence-electron chi connectivity index (χ1n) is 18.2. The number of ether oxygens (including phenoxy) is 3. The van der Waals surface area contributed by atoms with Crippen molar-refractivity contribution in [2.24, 2.45) is 11.8 Å². The van der Waals surface area contributed by atoms with Crippen LogP contribution in [0.1, 0.15) is 46.7 Å². The molecular formula is C37H38F5N10O5+. The SMILES string of the molecule is COc1nc2c(c(C[n+]3c(OC)nc(OC(F)F)c4c3CN(C(=O)CC3CN(c5cccnc5)C3)C4)n1)CN(C(=O)CC1CN(c3ccnc(C(F)(F)F)c3)C1)C2. The smallest absolute Gasteiger partial charge is 0.467 e. The molecule has 0 aliphatic carbocycles. The highest BCUT2D eigenvalue weighted by Crippen LogP contribution is 2.36. The third kappa shape index (κ3) is 7.76. The average molecular weight is 798 g/mol. The second-order valence-corrected chi connectivity index (χ2v) is 14.4. The fourth-order valence-electron chi connectivity index (χ4n) is 7.79. The van der Waals surface area contributed by atoms with Crippen LogP contribution in [0.3, 0.4) is 0 Å². The zero-order valence-electron chi connectivity index (χ0n) is 31.0. The number of carbonyl (C=O) groups is 2. The van der Waals surface area contributed by atoms with Crippen molar-refractivity contribution in [2.45, 2.75) is 58.4 Å². The van der Waals surface area contributed by atoms with Crippen LogP contribution in [0, 0.1) is 11.8 Å². The van der Waals surface area contributed by atoms with Gasteiger partial charge in [-0.15, -0.1) is 0 Å². The molecule has 8 heterocycles. The molecule has 0 aromatic carbocycles. The van der Waals surface area contributed by atoms with Gasteiger partial charge in [-0.05, 0) is 24.3 Å². The van der Waals surface area contributed by atoms with Gasteiger partial charge >= 0.3 is 30.7 Å². The van der Waals surface area contributed by atoms with Gasteiger partial charge < -0.3 is 33.8 Å². The number of hydrogen-bond acceptors (Lipinski definition) is 12. The molecule has 57 heavy (non-hydrogen) atoms. The molecular weight excluding hydrogens is 759 g/mol. The first kappa shape index (κ1) is 37.9. The van der Waals surface area contributed by atoms with E-state index in [9.17, 15) is 31.5 Å². The summed E-state index contributed by atoms with van der Waals surface area (Å²) in [7, 11) is 2.76. The van der Waals surface area contributed by atoms with Gasteiger partial charge in [0, 0.05) is 86.0 Å². The Bertz CT molecular complexity index is 2170. The number of aromatic nitrogens is 6. The van der Waals surface area contributed by atoms with Crippen molar-refractivity contribution in [1.82, 2.24) is 34.7 Å². The van der Waals surface area contributed by atoms with E-state index in [0.717, 1.165) is 18.0 Å². The molecule has 2 fully saturated rings. The maximum atomic E-state index is 13.6. The first-order valence-corrected chi connectivity index (χ1v) is 18.2. The molecule has 0 saturated carbocycles. The Morgan fingerprint density at radius 3 is 2.18 bits per heavy atom. The Balaban J connectivity index is 0.972. The largest absolute Gasteiger partial charge is 0.502 e. The lowest BCUT2D eigenvalue weighted by molar-refractivity contribution is -0.704. The number of pyridine rings is 2. The highest BCUT2D eigenvalue weighted by atomic mass is 19.4. The van der Waals surface area contributed by atoms with Crippen molar-refractivity contribution in [2.75, 3.05) is 50.2 Å². The Morgan fingerprint density at radius 2 is 1.54 bits per heavy atom. The van der Waals surface area contributed by atoms with Crippen molar-refractivity contribution in [3.8, 4) is 17.9 Å². The zero-order chi connectivity index (χ0) is 40.0. The van der Waals surface area contributed by atoms with Gasteiger partial charge in [-0.1, -0.05) is 0 Å². The molecule has 2 saturated heterocycles. The Labute approximate surface area is 323 Å². The van der Waals surface area contributed by atoms with E-state index in [0.29, 0.717) is 60.1 Å². The molecule has 300 valence electrons. The van der Waals surface area contributed by atoms with Crippen molar-refractivity contribution in [1.29, 1.82) is 0 Å². The maximum Gasteiger partial charge on any atom is 0.502 e. The standard InChI is InChI=1S/C37H38F5N10O5/c1-55-35-45-27-18-50(31(53)8-21-12-48(13-21)23-5-7-44-30(10-23)37(40,41)42)16-25(27)28(46-35)19-52-29-20-51(17-26(29)33(57-34(38)39)47-36(52)56-2)32(54)9-22-14-49(15-22)24-4-3-6-43-11-24/h3-7,10-11,21-22,34H,8-9,12-20H2,1-2H3/q+1. The van der Waals surface area contributed by atoms with Crippen molar-refractivity contribution < 1.29 is 50.3 Å². The van der Waals surface area contributed by atoms with Crippen LogP contribution in [-0.2, 0) is 48.5 Å². The van der Waals surface area contributed by atoms with E-state index in [-0.39, 0.29) is 87.1 Å². The predicted octanol–water partition coefficient (Wildman–Crippen LogP) is 3.37. The Morgan fingerprint density at radius 1 is 0.860 bits per heavy atom. The fourth-order valence-corrected chi connectivity index (χ4v) is 7.79. The normalized spacial score (nSPS) is 16.7. The molecule has 8 rings (SSSR count). The van der Waals surface area contributed by atoms with Gasteiger partial charge in [0.15, 0.2) is 0 Å². The van der Waals surface area contributed by atoms with Crippen LogP contribution < -0.4 is 28.6 Å². The number of hydrogen-bond donors (Lipinski definition) is 0. The molecule has 15 nitrogen and oxygen atoms in total. The second-order valence-electron chi connectivity index (χ2n) is 14.4. The van der Waals surface area contributed by atoms with E-state index < -0.39 is 18.5 Å². The van der Waals surface area contributed by atoms with Crippen LogP contribution in [0.4, 0.5) is 33.3 Å². The van der Waals surface area contributed by atoms with Crippen LogP contribution in [0.15, 0.2) is 42.9 Å². The number of carbonyl (C=O) groups excluding carboxylic acids is 2. The van der Waals surface area contributed by atoms with Crippen LogP contribution in [-0.4, -0.2) is 93.5 Å². The molecule has 20 heteroatoms. The fraction of sp³-hybridized carbons (Fsp3) is 0.459. The number of amides is 2. The predicted molar refractivity (Wildman–Crippen MR) is 188 cm³/mol. The van der Waals surface area contributed by atoms with Crippen molar-refractivity contribution in [3.63, 3.8) is 0 Å². The third-order valence-corrected chi connectivity index (χ3v) is 10.7. The van der Waals surface area contributed by atoms with E-state index in [1.807, 2.05) is 12.1 Å². The second kappa shape index (κ2) is 15.2. The number of anilines is 2. The van der Waals surface area contributed by atoms with Crippen LogP contribution >= 0.6 is 0 Å². The summed E-state index contributed by atoms with van der Waals surface area (Å²) >= 11 is 0. The first-order chi connectivity index (χ1) is 27.4. The number of fused-ring (bicyclic) bond motifs is 2. The molecule has 0 bridgehead atoms. The Kier molecular flexibility index (Phi) is 10.1. The van der Waals surface area contributed by atoms with Gasteiger partial charge in [-0.2, -0.15) is 36.5 Å². The summed E-state index contributed by atoms with van der Waals surface area (Å²) in [5.74, 6) is -0.594. The van der Waals surface area contributed by atoms with E-state index in [4.69, 9.17) is 14.2 Å². The average Bonchev–Trinajstić information content (AvgIpc) is 3.81. The third-order valence-electron chi connectivity index (χ3n) is 10.7. The molecule has 4 aromatic heterocycles. The summed E-state index contributed by atoms with van der Waals surface area (Å²) in [4.78, 5) is 55.3. The van der Waals surface area contributed by atoms with Crippen LogP contribution in [0.25, 0.3) is 0 Å². The number of alkyl halides is 5. The number of methoxy groups -OCH3 is 2. The van der Waals surface area contributed by atoms with E-state index in [1.165, 1.54) is 20.3 Å². The molecule has 0 spiro atoms. The van der Waals surface area contributed by atoms with Gasteiger partial charge in [0.1, 0.15) is 23.5 Å². The lowest BCUT2D eigenvalue weighted by Gasteiger charge is -2.41. The van der Waals surface area contributed by atoms with Gasteiger partial charge in [-0.3, -0.25) is 19.6 Å². The molecule has 2 amide bonds. The topological polar surface area (TPSA) is 143 Å². The summed E-state index contributed by atoms with van der Waals surface area (Å²) in [5.41, 5.74) is 2.91. The number of halogens is 5. The highest BCUT2D eigenvalue weighted by Gasteiger charge is 2.41. The minimum atomic E-state index is -4.56. The molecule has 0 radical (unpaired) electrons. The number of nitrogens with zero attached hydrogens (tertiary/aromatic N) is 10. The maximum absolute atomic E-state index is 13.6.